The molecule has 6 heteroatoms. The second kappa shape index (κ2) is 7.72. The van der Waals surface area contributed by atoms with Crippen molar-refractivity contribution in [3.63, 3.8) is 0 Å². The maximum atomic E-state index is 12.4. The summed E-state index contributed by atoms with van der Waals surface area (Å²) in [4.78, 5) is 17.2. The summed E-state index contributed by atoms with van der Waals surface area (Å²) in [6.07, 6.45) is 0. The van der Waals surface area contributed by atoms with Gasteiger partial charge in [-0.25, -0.2) is 4.98 Å². The van der Waals surface area contributed by atoms with Gasteiger partial charge in [-0.05, 0) is 67.8 Å². The van der Waals surface area contributed by atoms with E-state index >= 15 is 0 Å². The van der Waals surface area contributed by atoms with Crippen LogP contribution in [0, 0.1) is 20.8 Å². The van der Waals surface area contributed by atoms with Gasteiger partial charge in [-0.3, -0.25) is 4.79 Å². The number of ether oxygens (including phenoxy) is 2. The third-order valence-corrected chi connectivity index (χ3v) is 5.83. The summed E-state index contributed by atoms with van der Waals surface area (Å²) in [6, 6.07) is 11.8. The summed E-state index contributed by atoms with van der Waals surface area (Å²) in [6.45, 7) is 7.29. The molecule has 1 aliphatic heterocycles. The molecular formula is C22H22N2O3S. The van der Waals surface area contributed by atoms with Crippen molar-refractivity contribution < 1.29 is 14.3 Å². The normalized spacial score (nSPS) is 12.8. The summed E-state index contributed by atoms with van der Waals surface area (Å²) < 4.78 is 11.1. The zero-order valence-corrected chi connectivity index (χ0v) is 17.0. The number of nitrogens with zero attached hydrogens (tertiary/aromatic N) is 1. The Hall–Kier alpha value is -2.73. The van der Waals surface area contributed by atoms with Gasteiger partial charge in [0.05, 0.1) is 11.3 Å². The highest BCUT2D eigenvalue weighted by molar-refractivity contribution is 8.00. The molecule has 4 rings (SSSR count). The van der Waals surface area contributed by atoms with E-state index in [9.17, 15) is 4.79 Å². The molecule has 2 aromatic carbocycles. The molecule has 0 aliphatic carbocycles. The summed E-state index contributed by atoms with van der Waals surface area (Å²) in [5.41, 5.74) is 5.21. The van der Waals surface area contributed by atoms with Crippen molar-refractivity contribution in [3.05, 3.63) is 53.1 Å². The van der Waals surface area contributed by atoms with Gasteiger partial charge in [-0.15, -0.1) is 0 Å². The van der Waals surface area contributed by atoms with Crippen molar-refractivity contribution in [1.29, 1.82) is 0 Å². The van der Waals surface area contributed by atoms with Crippen LogP contribution in [0.2, 0.25) is 0 Å². The first-order valence-corrected chi connectivity index (χ1v) is 10.2. The van der Waals surface area contributed by atoms with Crippen LogP contribution in [0.1, 0.15) is 16.7 Å². The first-order valence-electron chi connectivity index (χ1n) is 9.20. The van der Waals surface area contributed by atoms with Crippen LogP contribution in [0.25, 0.3) is 10.9 Å². The Kier molecular flexibility index (Phi) is 5.13. The lowest BCUT2D eigenvalue weighted by molar-refractivity contribution is -0.113. The zero-order valence-electron chi connectivity index (χ0n) is 16.2. The molecule has 3 aromatic rings. The average molecular weight is 394 g/mol. The van der Waals surface area contributed by atoms with Crippen molar-refractivity contribution in [1.82, 2.24) is 4.98 Å². The Morgan fingerprint density at radius 3 is 2.54 bits per heavy atom. The van der Waals surface area contributed by atoms with E-state index in [-0.39, 0.29) is 5.91 Å². The van der Waals surface area contributed by atoms with Crippen LogP contribution in [0.5, 0.6) is 11.5 Å². The van der Waals surface area contributed by atoms with Gasteiger partial charge in [-0.1, -0.05) is 11.8 Å². The van der Waals surface area contributed by atoms with E-state index in [0.29, 0.717) is 36.2 Å². The molecule has 144 valence electrons. The van der Waals surface area contributed by atoms with Gasteiger partial charge in [0.25, 0.3) is 0 Å². The SMILES string of the molecule is Cc1cc2cc(C)c(SCC(=O)Nc3ccc4c(c3)OCCO4)nc2cc1C. The number of amides is 1. The van der Waals surface area contributed by atoms with Crippen LogP contribution in [0.3, 0.4) is 0 Å². The van der Waals surface area contributed by atoms with E-state index in [1.165, 1.54) is 22.9 Å². The maximum Gasteiger partial charge on any atom is 0.234 e. The molecule has 2 heterocycles. The number of fused-ring (bicyclic) bond motifs is 2. The zero-order chi connectivity index (χ0) is 19.7. The van der Waals surface area contributed by atoms with Gasteiger partial charge in [0.15, 0.2) is 11.5 Å². The molecule has 1 aliphatic rings. The largest absolute Gasteiger partial charge is 0.486 e. The number of hydrogen-bond acceptors (Lipinski definition) is 5. The molecule has 0 spiro atoms. The number of benzene rings is 2. The van der Waals surface area contributed by atoms with Crippen LogP contribution >= 0.6 is 11.8 Å². The topological polar surface area (TPSA) is 60.5 Å². The Morgan fingerprint density at radius 1 is 1.00 bits per heavy atom. The lowest BCUT2D eigenvalue weighted by Crippen LogP contribution is -2.17. The molecule has 0 fully saturated rings. The number of aromatic nitrogens is 1. The van der Waals surface area contributed by atoms with E-state index < -0.39 is 0 Å². The number of carbonyl (C=O) groups excluding carboxylic acids is 1. The smallest absolute Gasteiger partial charge is 0.234 e. The van der Waals surface area contributed by atoms with Gasteiger partial charge in [0.2, 0.25) is 5.91 Å². The number of anilines is 1. The average Bonchev–Trinajstić information content (AvgIpc) is 2.68. The molecule has 1 N–H and O–H groups in total. The summed E-state index contributed by atoms with van der Waals surface area (Å²) >= 11 is 1.45. The molecular weight excluding hydrogens is 372 g/mol. The highest BCUT2D eigenvalue weighted by atomic mass is 32.2. The van der Waals surface area contributed by atoms with Crippen LogP contribution in [0.15, 0.2) is 41.4 Å². The van der Waals surface area contributed by atoms with Crippen LogP contribution in [-0.4, -0.2) is 29.9 Å². The highest BCUT2D eigenvalue weighted by Gasteiger charge is 2.14. The fourth-order valence-electron chi connectivity index (χ4n) is 3.13. The third kappa shape index (κ3) is 3.92. The quantitative estimate of drug-likeness (QED) is 0.652. The second-order valence-electron chi connectivity index (χ2n) is 6.93. The molecule has 0 bridgehead atoms. The standard InChI is InChI=1S/C22H22N2O3S/c1-13-8-16-9-15(3)22(24-18(16)10-14(13)2)28-12-21(25)23-17-4-5-19-20(11-17)27-7-6-26-19/h4-5,8-11H,6-7,12H2,1-3H3,(H,23,25). The van der Waals surface area contributed by atoms with Crippen molar-refractivity contribution >= 4 is 34.3 Å². The first kappa shape index (κ1) is 18.6. The molecule has 5 nitrogen and oxygen atoms in total. The molecule has 0 saturated carbocycles. The van der Waals surface area contributed by atoms with Crippen LogP contribution in [0.4, 0.5) is 5.69 Å². The molecule has 0 saturated heterocycles. The fourth-order valence-corrected chi connectivity index (χ4v) is 3.92. The van der Waals surface area contributed by atoms with Crippen molar-refractivity contribution in [2.75, 3.05) is 24.3 Å². The predicted molar refractivity (Wildman–Crippen MR) is 113 cm³/mol. The summed E-state index contributed by atoms with van der Waals surface area (Å²) in [7, 11) is 0. The molecule has 0 radical (unpaired) electrons. The Balaban J connectivity index is 1.44. The number of nitrogens with one attached hydrogen (secondary N) is 1. The van der Waals surface area contributed by atoms with E-state index in [1.54, 1.807) is 6.07 Å². The lowest BCUT2D eigenvalue weighted by atomic mass is 10.1. The minimum absolute atomic E-state index is 0.0805. The lowest BCUT2D eigenvalue weighted by Gasteiger charge is -2.19. The Bertz CT molecular complexity index is 1070. The summed E-state index contributed by atoms with van der Waals surface area (Å²) in [5, 5.41) is 4.93. The number of aryl methyl sites for hydroxylation is 3. The maximum absolute atomic E-state index is 12.4. The third-order valence-electron chi connectivity index (χ3n) is 4.74. The molecule has 1 aromatic heterocycles. The van der Waals surface area contributed by atoms with Crippen molar-refractivity contribution in [2.24, 2.45) is 0 Å². The Labute approximate surface area is 168 Å². The highest BCUT2D eigenvalue weighted by Crippen LogP contribution is 2.33. The van der Waals surface area contributed by atoms with E-state index in [2.05, 4.69) is 37.4 Å². The number of pyridine rings is 1. The molecule has 1 amide bonds. The van der Waals surface area contributed by atoms with E-state index in [4.69, 9.17) is 14.5 Å². The Morgan fingerprint density at radius 2 is 1.71 bits per heavy atom. The minimum Gasteiger partial charge on any atom is -0.486 e. The fraction of sp³-hybridized carbons (Fsp3) is 0.273. The van der Waals surface area contributed by atoms with Crippen molar-refractivity contribution in [2.45, 2.75) is 25.8 Å². The van der Waals surface area contributed by atoms with Gasteiger partial charge in [0.1, 0.15) is 18.2 Å². The molecule has 28 heavy (non-hydrogen) atoms. The number of rotatable bonds is 4. The summed E-state index contributed by atoms with van der Waals surface area (Å²) in [5.74, 6) is 1.58. The number of thioether (sulfide) groups is 1. The first-order chi connectivity index (χ1) is 13.5. The molecule has 0 atom stereocenters. The monoisotopic (exact) mass is 394 g/mol. The van der Waals surface area contributed by atoms with Crippen LogP contribution in [-0.2, 0) is 4.79 Å². The minimum atomic E-state index is -0.0805. The van der Waals surface area contributed by atoms with E-state index in [0.717, 1.165) is 21.5 Å². The number of hydrogen-bond donors (Lipinski definition) is 1. The van der Waals surface area contributed by atoms with Gasteiger partial charge in [-0.2, -0.15) is 0 Å². The van der Waals surface area contributed by atoms with Crippen LogP contribution < -0.4 is 14.8 Å². The second-order valence-corrected chi connectivity index (χ2v) is 7.90. The van der Waals surface area contributed by atoms with Gasteiger partial charge < -0.3 is 14.8 Å². The van der Waals surface area contributed by atoms with E-state index in [1.807, 2.05) is 19.1 Å². The van der Waals surface area contributed by atoms with Gasteiger partial charge >= 0.3 is 0 Å². The number of carbonyl (C=O) groups is 1. The molecule has 0 unspecified atom stereocenters. The predicted octanol–water partition coefficient (Wildman–Crippen LogP) is 4.66. The van der Waals surface area contributed by atoms with Crippen molar-refractivity contribution in [3.8, 4) is 11.5 Å². The van der Waals surface area contributed by atoms with Gasteiger partial charge in [0, 0.05) is 17.1 Å².